The fourth-order valence-corrected chi connectivity index (χ4v) is 4.03. The second kappa shape index (κ2) is 8.59. The number of ether oxygens (including phenoxy) is 1. The lowest BCUT2D eigenvalue weighted by molar-refractivity contribution is 0.0692. The Morgan fingerprint density at radius 2 is 1.93 bits per heavy atom. The lowest BCUT2D eigenvalue weighted by Crippen LogP contribution is -2.29. The Hall–Kier alpha value is -2.62. The van der Waals surface area contributed by atoms with Crippen LogP contribution in [0.5, 0.6) is 5.75 Å². The Kier molecular flexibility index (Phi) is 6.18. The van der Waals surface area contributed by atoms with Crippen LogP contribution >= 0.6 is 11.3 Å². The van der Waals surface area contributed by atoms with Crippen molar-refractivity contribution < 1.29 is 22.4 Å². The molecule has 1 N–H and O–H groups in total. The van der Waals surface area contributed by atoms with E-state index >= 15 is 0 Å². The van der Waals surface area contributed by atoms with Gasteiger partial charge >= 0.3 is 0 Å². The maximum atomic E-state index is 13.1. The van der Waals surface area contributed by atoms with E-state index in [-0.39, 0.29) is 17.4 Å². The van der Waals surface area contributed by atoms with Crippen molar-refractivity contribution in [2.75, 3.05) is 14.2 Å². The topological polar surface area (TPSA) is 88.9 Å². The number of rotatable bonds is 8. The molecule has 28 heavy (non-hydrogen) atoms. The molecule has 148 valence electrons. The number of methoxy groups -OCH3 is 1. The number of carbonyl (C=O) groups excluding carboxylic acids is 1. The second-order valence-electron chi connectivity index (χ2n) is 5.88. The number of benzene rings is 1. The summed E-state index contributed by atoms with van der Waals surface area (Å²) in [5.74, 6) is 0.224. The van der Waals surface area contributed by atoms with Crippen LogP contribution in [0.25, 0.3) is 0 Å². The van der Waals surface area contributed by atoms with Crippen LogP contribution in [0.2, 0.25) is 0 Å². The van der Waals surface area contributed by atoms with Crippen molar-refractivity contribution >= 4 is 27.3 Å². The molecule has 2 heterocycles. The van der Waals surface area contributed by atoms with Crippen molar-refractivity contribution in [1.29, 1.82) is 0 Å². The van der Waals surface area contributed by atoms with Crippen molar-refractivity contribution in [1.82, 2.24) is 9.62 Å². The van der Waals surface area contributed by atoms with Crippen LogP contribution in [0.1, 0.15) is 21.0 Å². The average Bonchev–Trinajstić information content (AvgIpc) is 3.39. The Bertz CT molecular complexity index is 1040. The van der Waals surface area contributed by atoms with Crippen LogP contribution < -0.4 is 9.46 Å². The van der Waals surface area contributed by atoms with Gasteiger partial charge in [0.15, 0.2) is 5.76 Å². The van der Waals surface area contributed by atoms with Crippen molar-refractivity contribution in [2.24, 2.45) is 0 Å². The monoisotopic (exact) mass is 420 g/mol. The maximum absolute atomic E-state index is 13.1. The predicted molar refractivity (Wildman–Crippen MR) is 106 cm³/mol. The van der Waals surface area contributed by atoms with Gasteiger partial charge in [0.1, 0.15) is 5.75 Å². The Labute approximate surface area is 167 Å². The van der Waals surface area contributed by atoms with Crippen molar-refractivity contribution in [3.8, 4) is 5.75 Å². The standard InChI is InChI=1S/C19H20N2O5S2/c1-20-28(23,24)18-10-9-17(26-18)19(22)21(13-15-7-5-11-27-15)12-14-6-3-4-8-16(14)25-2/h3-11,20H,12-13H2,1-2H3. The number of para-hydroxylation sites is 1. The number of hydrogen-bond acceptors (Lipinski definition) is 6. The van der Waals surface area contributed by atoms with Gasteiger partial charge in [0, 0.05) is 10.4 Å². The molecule has 0 bridgehead atoms. The minimum absolute atomic E-state index is 0.0414. The van der Waals surface area contributed by atoms with Crippen molar-refractivity contribution in [2.45, 2.75) is 18.2 Å². The summed E-state index contributed by atoms with van der Waals surface area (Å²) >= 11 is 1.54. The van der Waals surface area contributed by atoms with Crippen LogP contribution in [0.15, 0.2) is 63.4 Å². The second-order valence-corrected chi connectivity index (χ2v) is 8.73. The summed E-state index contributed by atoms with van der Waals surface area (Å²) in [5, 5.41) is 1.64. The van der Waals surface area contributed by atoms with Crippen LogP contribution in [0.4, 0.5) is 0 Å². The zero-order valence-electron chi connectivity index (χ0n) is 15.4. The third kappa shape index (κ3) is 4.44. The molecule has 0 fully saturated rings. The lowest BCUT2D eigenvalue weighted by Gasteiger charge is -2.22. The van der Waals surface area contributed by atoms with Gasteiger partial charge in [0.05, 0.1) is 20.2 Å². The van der Waals surface area contributed by atoms with Gasteiger partial charge in [-0.3, -0.25) is 4.79 Å². The first-order chi connectivity index (χ1) is 13.4. The number of hydrogen-bond donors (Lipinski definition) is 1. The highest BCUT2D eigenvalue weighted by molar-refractivity contribution is 7.89. The van der Waals surface area contributed by atoms with Crippen LogP contribution in [0.3, 0.4) is 0 Å². The highest BCUT2D eigenvalue weighted by atomic mass is 32.2. The summed E-state index contributed by atoms with van der Waals surface area (Å²) in [6.07, 6.45) is 0. The van der Waals surface area contributed by atoms with E-state index in [4.69, 9.17) is 9.15 Å². The van der Waals surface area contributed by atoms with Crippen molar-refractivity contribution in [3.63, 3.8) is 0 Å². The Morgan fingerprint density at radius 3 is 2.61 bits per heavy atom. The fraction of sp³-hybridized carbons (Fsp3) is 0.211. The molecule has 0 atom stereocenters. The molecule has 0 radical (unpaired) electrons. The van der Waals surface area contributed by atoms with Gasteiger partial charge in [-0.1, -0.05) is 24.3 Å². The highest BCUT2D eigenvalue weighted by Gasteiger charge is 2.24. The molecule has 0 aliphatic heterocycles. The van der Waals surface area contributed by atoms with Crippen LogP contribution in [0, 0.1) is 0 Å². The summed E-state index contributed by atoms with van der Waals surface area (Å²) in [6, 6.07) is 13.9. The Morgan fingerprint density at radius 1 is 1.14 bits per heavy atom. The molecule has 0 unspecified atom stereocenters. The molecule has 0 aliphatic rings. The van der Waals surface area contributed by atoms with E-state index in [1.54, 1.807) is 12.0 Å². The number of furan rings is 1. The van der Waals surface area contributed by atoms with Gasteiger partial charge in [0.2, 0.25) is 5.09 Å². The normalized spacial score (nSPS) is 11.4. The SMILES string of the molecule is CNS(=O)(=O)c1ccc(C(=O)N(Cc2cccs2)Cc2ccccc2OC)o1. The quantitative estimate of drug-likeness (QED) is 0.605. The number of nitrogens with zero attached hydrogens (tertiary/aromatic N) is 1. The molecule has 0 spiro atoms. The van der Waals surface area contributed by atoms with Gasteiger partial charge in [0.25, 0.3) is 15.9 Å². The molecular formula is C19H20N2O5S2. The molecule has 2 aromatic heterocycles. The average molecular weight is 421 g/mol. The van der Waals surface area contributed by atoms with Crippen molar-refractivity contribution in [3.05, 3.63) is 70.1 Å². The minimum atomic E-state index is -3.76. The van der Waals surface area contributed by atoms with Gasteiger partial charge in [-0.2, -0.15) is 0 Å². The zero-order valence-corrected chi connectivity index (χ0v) is 17.0. The van der Waals surface area contributed by atoms with Gasteiger partial charge < -0.3 is 14.1 Å². The molecular weight excluding hydrogens is 400 g/mol. The van der Waals surface area contributed by atoms with E-state index in [0.29, 0.717) is 12.3 Å². The lowest BCUT2D eigenvalue weighted by atomic mass is 10.1. The molecule has 7 nitrogen and oxygen atoms in total. The molecule has 0 saturated carbocycles. The summed E-state index contributed by atoms with van der Waals surface area (Å²) < 4.78 is 36.7. The molecule has 1 aromatic carbocycles. The number of amides is 1. The first-order valence-corrected chi connectivity index (χ1v) is 10.8. The summed E-state index contributed by atoms with van der Waals surface area (Å²) in [4.78, 5) is 15.7. The van der Waals surface area contributed by atoms with Gasteiger partial charge in [-0.25, -0.2) is 13.1 Å². The summed E-state index contributed by atoms with van der Waals surface area (Å²) in [5.41, 5.74) is 0.838. The van der Waals surface area contributed by atoms with E-state index in [1.165, 1.54) is 30.5 Å². The smallest absolute Gasteiger partial charge is 0.290 e. The van der Waals surface area contributed by atoms with Crippen LogP contribution in [-0.4, -0.2) is 33.4 Å². The molecule has 0 saturated heterocycles. The first kappa shape index (κ1) is 20.1. The molecule has 3 aromatic rings. The number of thiophene rings is 1. The molecule has 3 rings (SSSR count). The predicted octanol–water partition coefficient (Wildman–Crippen LogP) is 3.10. The van der Waals surface area contributed by atoms with E-state index in [2.05, 4.69) is 4.72 Å². The molecule has 0 aliphatic carbocycles. The first-order valence-electron chi connectivity index (χ1n) is 8.41. The van der Waals surface area contributed by atoms with Gasteiger partial charge in [-0.05, 0) is 36.7 Å². The van der Waals surface area contributed by atoms with Gasteiger partial charge in [-0.15, -0.1) is 11.3 Å². The summed E-state index contributed by atoms with van der Waals surface area (Å²) in [6.45, 7) is 0.652. The van der Waals surface area contributed by atoms with E-state index in [1.807, 2.05) is 41.8 Å². The number of nitrogens with one attached hydrogen (secondary N) is 1. The Balaban J connectivity index is 1.91. The van der Waals surface area contributed by atoms with E-state index in [0.717, 1.165) is 10.4 Å². The minimum Gasteiger partial charge on any atom is -0.496 e. The molecule has 1 amide bonds. The number of sulfonamides is 1. The summed E-state index contributed by atoms with van der Waals surface area (Å²) in [7, 11) is -0.904. The van der Waals surface area contributed by atoms with Crippen LogP contribution in [-0.2, 0) is 23.1 Å². The maximum Gasteiger partial charge on any atom is 0.290 e. The highest BCUT2D eigenvalue weighted by Crippen LogP contribution is 2.24. The fourth-order valence-electron chi connectivity index (χ4n) is 2.67. The third-order valence-corrected chi connectivity index (χ3v) is 6.24. The largest absolute Gasteiger partial charge is 0.496 e. The number of carbonyl (C=O) groups is 1. The van der Waals surface area contributed by atoms with E-state index in [9.17, 15) is 13.2 Å². The molecule has 9 heteroatoms. The zero-order chi connectivity index (χ0) is 20.1. The van der Waals surface area contributed by atoms with E-state index < -0.39 is 15.9 Å². The third-order valence-electron chi connectivity index (χ3n) is 4.09.